The van der Waals surface area contributed by atoms with Gasteiger partial charge in [0.1, 0.15) is 18.1 Å². The second-order valence-corrected chi connectivity index (χ2v) is 8.65. The number of benzene rings is 1. The van der Waals surface area contributed by atoms with Gasteiger partial charge in [0.15, 0.2) is 11.6 Å². The number of Topliss-reactive ketones (excluding diaryl/α,β-unsaturated/α-hetero) is 1. The van der Waals surface area contributed by atoms with Crippen LogP contribution in [-0.2, 0) is 9.53 Å². The Morgan fingerprint density at radius 2 is 1.92 bits per heavy atom. The molecule has 3 aromatic rings. The zero-order chi connectivity index (χ0) is 26.4. The van der Waals surface area contributed by atoms with Crippen LogP contribution < -0.4 is 15.8 Å². The van der Waals surface area contributed by atoms with Crippen molar-refractivity contribution in [1.29, 1.82) is 0 Å². The molecule has 2 aromatic heterocycles. The zero-order valence-electron chi connectivity index (χ0n) is 20.9. The Kier molecular flexibility index (Phi) is 8.14. The summed E-state index contributed by atoms with van der Waals surface area (Å²) in [6.07, 6.45) is 4.01. The summed E-state index contributed by atoms with van der Waals surface area (Å²) < 4.78 is 23.7. The van der Waals surface area contributed by atoms with E-state index in [2.05, 4.69) is 20.3 Å². The summed E-state index contributed by atoms with van der Waals surface area (Å²) in [6.45, 7) is 2.59. The smallest absolute Gasteiger partial charge is 0.257 e. The minimum absolute atomic E-state index is 0.0396. The molecule has 10 nitrogen and oxygen atoms in total. The number of nitrogen functional groups attached to an aromatic ring is 1. The maximum absolute atomic E-state index is 13.5. The van der Waals surface area contributed by atoms with E-state index in [0.717, 1.165) is 16.8 Å². The molecule has 1 aliphatic rings. The van der Waals surface area contributed by atoms with E-state index in [4.69, 9.17) is 25.2 Å². The minimum atomic E-state index is -0.324. The van der Waals surface area contributed by atoms with Crippen molar-refractivity contribution in [3.05, 3.63) is 65.5 Å². The van der Waals surface area contributed by atoms with E-state index in [-0.39, 0.29) is 35.8 Å². The first-order valence-electron chi connectivity index (χ1n) is 11.7. The van der Waals surface area contributed by atoms with Crippen LogP contribution in [0.3, 0.4) is 0 Å². The van der Waals surface area contributed by atoms with Gasteiger partial charge in [-0.2, -0.15) is 0 Å². The number of nitrogens with one attached hydrogen (secondary N) is 1. The van der Waals surface area contributed by atoms with Crippen LogP contribution in [0.2, 0.25) is 0 Å². The van der Waals surface area contributed by atoms with E-state index in [9.17, 15) is 9.18 Å². The number of halogens is 1. The van der Waals surface area contributed by atoms with Crippen LogP contribution in [-0.4, -0.2) is 58.8 Å². The lowest BCUT2D eigenvalue weighted by Gasteiger charge is -2.13. The maximum atomic E-state index is 13.5. The van der Waals surface area contributed by atoms with Crippen LogP contribution >= 0.6 is 0 Å². The Labute approximate surface area is 213 Å². The van der Waals surface area contributed by atoms with Crippen molar-refractivity contribution in [2.24, 2.45) is 10.9 Å². The van der Waals surface area contributed by atoms with Crippen molar-refractivity contribution >= 4 is 34.5 Å². The summed E-state index contributed by atoms with van der Waals surface area (Å²) in [5, 5.41) is 3.20. The fourth-order valence-electron chi connectivity index (χ4n) is 3.93. The summed E-state index contributed by atoms with van der Waals surface area (Å²) in [6, 6.07) is 7.95. The normalized spacial score (nSPS) is 13.9. The lowest BCUT2D eigenvalue weighted by Crippen LogP contribution is -2.18. The van der Waals surface area contributed by atoms with Gasteiger partial charge in [-0.1, -0.05) is 19.1 Å². The number of nitrogens with two attached hydrogens (primary N) is 1. The van der Waals surface area contributed by atoms with Crippen molar-refractivity contribution in [3.63, 3.8) is 0 Å². The molecule has 37 heavy (non-hydrogen) atoms. The highest BCUT2D eigenvalue weighted by Crippen LogP contribution is 2.36. The molecule has 192 valence electrons. The van der Waals surface area contributed by atoms with Gasteiger partial charge in [-0.05, 0) is 29.7 Å². The number of nitrogens with zero attached hydrogens (tertiary/aromatic N) is 5. The summed E-state index contributed by atoms with van der Waals surface area (Å²) in [5.74, 6) is 0.568. The number of methoxy groups -OCH3 is 2. The van der Waals surface area contributed by atoms with Crippen LogP contribution in [0.5, 0.6) is 5.88 Å². The Morgan fingerprint density at radius 1 is 1.14 bits per heavy atom. The van der Waals surface area contributed by atoms with Gasteiger partial charge in [-0.3, -0.25) is 4.79 Å². The third kappa shape index (κ3) is 6.31. The van der Waals surface area contributed by atoms with E-state index in [1.165, 1.54) is 32.5 Å². The number of aromatic nitrogens is 4. The van der Waals surface area contributed by atoms with Gasteiger partial charge in [0.2, 0.25) is 5.95 Å². The topological polar surface area (TPSA) is 138 Å². The molecule has 3 heterocycles. The second kappa shape index (κ2) is 11.7. The number of rotatable bonds is 11. The Morgan fingerprint density at radius 3 is 2.65 bits per heavy atom. The first-order chi connectivity index (χ1) is 17.9. The molecule has 1 aliphatic heterocycles. The van der Waals surface area contributed by atoms with Crippen LogP contribution in [0.15, 0.2) is 47.7 Å². The predicted octanol–water partition coefficient (Wildman–Crippen LogP) is 3.41. The van der Waals surface area contributed by atoms with Gasteiger partial charge >= 0.3 is 0 Å². The Hall–Kier alpha value is -4.25. The number of anilines is 2. The molecule has 0 radical (unpaired) electrons. The average molecular weight is 506 g/mol. The molecule has 0 saturated heterocycles. The van der Waals surface area contributed by atoms with Gasteiger partial charge in [0.25, 0.3) is 5.88 Å². The highest BCUT2D eigenvalue weighted by molar-refractivity contribution is 6.16. The molecule has 0 fully saturated rings. The quantitative estimate of drug-likeness (QED) is 0.401. The monoisotopic (exact) mass is 505 g/mol. The van der Waals surface area contributed by atoms with Gasteiger partial charge in [0, 0.05) is 38.3 Å². The van der Waals surface area contributed by atoms with E-state index in [1.807, 2.05) is 6.92 Å². The SMILES string of the molecule is COCC(=O)C[C@H](C)CNc1nccc(C2=C(c3cnc(N)c(OC)n3)N=C(c3ccc(F)cc3)C2)n1. The number of ether oxygens (including phenoxy) is 2. The molecule has 0 unspecified atom stereocenters. The third-order valence-corrected chi connectivity index (χ3v) is 5.71. The number of carbonyl (C=O) groups excluding carboxylic acids is 1. The second-order valence-electron chi connectivity index (χ2n) is 8.65. The van der Waals surface area contributed by atoms with E-state index in [1.54, 1.807) is 24.4 Å². The fraction of sp³-hybridized carbons (Fsp3) is 0.308. The molecule has 1 aromatic carbocycles. The van der Waals surface area contributed by atoms with Crippen molar-refractivity contribution < 1.29 is 18.7 Å². The molecule has 3 N–H and O–H groups in total. The predicted molar refractivity (Wildman–Crippen MR) is 139 cm³/mol. The summed E-state index contributed by atoms with van der Waals surface area (Å²) in [5.41, 5.74) is 9.86. The van der Waals surface area contributed by atoms with E-state index < -0.39 is 0 Å². The van der Waals surface area contributed by atoms with Crippen molar-refractivity contribution in [1.82, 2.24) is 19.9 Å². The third-order valence-electron chi connectivity index (χ3n) is 5.71. The number of allylic oxidation sites excluding steroid dienone is 1. The summed E-state index contributed by atoms with van der Waals surface area (Å²) in [4.78, 5) is 34.4. The molecule has 1 atom stereocenters. The molecule has 0 saturated carbocycles. The van der Waals surface area contributed by atoms with Gasteiger partial charge in [0.05, 0.1) is 30.4 Å². The number of hydrogen-bond donors (Lipinski definition) is 2. The lowest BCUT2D eigenvalue weighted by molar-refractivity contribution is -0.123. The summed E-state index contributed by atoms with van der Waals surface area (Å²) in [7, 11) is 2.97. The van der Waals surface area contributed by atoms with Gasteiger partial charge in [-0.15, -0.1) is 0 Å². The van der Waals surface area contributed by atoms with Crippen LogP contribution in [0, 0.1) is 11.7 Å². The first-order valence-corrected chi connectivity index (χ1v) is 11.7. The average Bonchev–Trinajstić information content (AvgIpc) is 3.34. The molecule has 0 amide bonds. The molecule has 0 aliphatic carbocycles. The largest absolute Gasteiger partial charge is 0.478 e. The van der Waals surface area contributed by atoms with Crippen LogP contribution in [0.4, 0.5) is 16.2 Å². The highest BCUT2D eigenvalue weighted by Gasteiger charge is 2.25. The first kappa shape index (κ1) is 25.8. The van der Waals surface area contributed by atoms with Gasteiger partial charge in [-0.25, -0.2) is 29.3 Å². The summed E-state index contributed by atoms with van der Waals surface area (Å²) >= 11 is 0. The number of aliphatic imine (C=N–C) groups is 1. The standard InChI is InChI=1S/C26H28FN7O3/c1-15(10-18(35)14-36-2)12-31-26-29-9-8-20(34-26)19-11-21(16-4-6-17(27)7-5-16)32-23(19)22-13-30-24(28)25(33-22)37-3/h4-9,13,15H,10-12,14H2,1-3H3,(H2,28,30)(H,29,31,34)/t15-/m0/s1. The van der Waals surface area contributed by atoms with Crippen LogP contribution in [0.1, 0.15) is 36.7 Å². The molecule has 0 bridgehead atoms. The zero-order valence-corrected chi connectivity index (χ0v) is 20.9. The van der Waals surface area contributed by atoms with Crippen LogP contribution in [0.25, 0.3) is 11.3 Å². The number of hydrogen-bond acceptors (Lipinski definition) is 10. The molecular weight excluding hydrogens is 477 g/mol. The Balaban J connectivity index is 1.63. The van der Waals surface area contributed by atoms with Crippen molar-refractivity contribution in [2.45, 2.75) is 19.8 Å². The minimum Gasteiger partial charge on any atom is -0.478 e. The van der Waals surface area contributed by atoms with Crippen molar-refractivity contribution in [3.8, 4) is 5.88 Å². The van der Waals surface area contributed by atoms with E-state index >= 15 is 0 Å². The fourth-order valence-corrected chi connectivity index (χ4v) is 3.93. The number of ketones is 1. The van der Waals surface area contributed by atoms with Crippen molar-refractivity contribution in [2.75, 3.05) is 38.4 Å². The van der Waals surface area contributed by atoms with E-state index in [0.29, 0.717) is 42.4 Å². The maximum Gasteiger partial charge on any atom is 0.257 e. The molecule has 11 heteroatoms. The highest BCUT2D eigenvalue weighted by atomic mass is 19.1. The molecule has 0 spiro atoms. The number of carbonyl (C=O) groups is 1. The van der Waals surface area contributed by atoms with Gasteiger partial charge < -0.3 is 20.5 Å². The molecule has 4 rings (SSSR count). The molecular formula is C26H28FN7O3. The lowest BCUT2D eigenvalue weighted by atomic mass is 10.0. The Bertz CT molecular complexity index is 1340.